The molecule has 0 aliphatic heterocycles. The van der Waals surface area contributed by atoms with Gasteiger partial charge >= 0.3 is 0 Å². The monoisotopic (exact) mass is 336 g/mol. The predicted octanol–water partition coefficient (Wildman–Crippen LogP) is 4.18. The number of nitrogens with zero attached hydrogens (tertiary/aromatic N) is 1. The molecule has 2 aromatic rings. The number of nitrogens with one attached hydrogen (secondary N) is 1. The van der Waals surface area contributed by atoms with Crippen LogP contribution in [0.25, 0.3) is 0 Å². The van der Waals surface area contributed by atoms with Gasteiger partial charge < -0.3 is 4.74 Å². The molecule has 0 spiro atoms. The third kappa shape index (κ3) is 3.10. The fraction of sp³-hybridized carbons (Fsp3) is 0.375. The molecule has 3 rings (SSSR count). The Morgan fingerprint density at radius 3 is 3.09 bits per heavy atom. The number of aromatic nitrogens is 1. The Kier molecular flexibility index (Phi) is 4.36. The number of methoxy groups -OCH3 is 1. The van der Waals surface area contributed by atoms with E-state index >= 15 is 0 Å². The zero-order chi connectivity index (χ0) is 15.7. The van der Waals surface area contributed by atoms with Gasteiger partial charge in [0.25, 0.3) is 5.91 Å². The van der Waals surface area contributed by atoms with E-state index in [0.29, 0.717) is 27.4 Å². The number of hydrogen-bond acceptors (Lipinski definition) is 4. The molecule has 1 aliphatic carbocycles. The van der Waals surface area contributed by atoms with Crippen LogP contribution in [-0.2, 0) is 12.8 Å². The van der Waals surface area contributed by atoms with Gasteiger partial charge in [0.2, 0.25) is 0 Å². The number of anilines is 1. The second-order valence-electron chi connectivity index (χ2n) is 5.54. The average molecular weight is 337 g/mol. The first-order valence-corrected chi connectivity index (χ1v) is 8.39. The summed E-state index contributed by atoms with van der Waals surface area (Å²) in [6, 6.07) is 4.98. The van der Waals surface area contributed by atoms with E-state index in [9.17, 15) is 4.79 Å². The van der Waals surface area contributed by atoms with Crippen LogP contribution in [0.3, 0.4) is 0 Å². The number of carbonyl (C=O) groups excluding carboxylic acids is 1. The highest BCUT2D eigenvalue weighted by molar-refractivity contribution is 7.15. The van der Waals surface area contributed by atoms with Crippen molar-refractivity contribution in [3.63, 3.8) is 0 Å². The number of amides is 1. The molecular weight excluding hydrogens is 320 g/mol. The fourth-order valence-corrected chi connectivity index (χ4v) is 3.95. The van der Waals surface area contributed by atoms with Crippen molar-refractivity contribution in [1.82, 2.24) is 4.98 Å². The predicted molar refractivity (Wildman–Crippen MR) is 89.3 cm³/mol. The van der Waals surface area contributed by atoms with Crippen molar-refractivity contribution >= 4 is 34.0 Å². The Morgan fingerprint density at radius 1 is 1.50 bits per heavy atom. The van der Waals surface area contributed by atoms with Crippen molar-refractivity contribution in [2.75, 3.05) is 12.4 Å². The minimum absolute atomic E-state index is 0.251. The SMILES string of the molecule is COc1ccc(Cl)cc1C(=O)Nc1nc2c(s1)C[C@H](C)CC2. The highest BCUT2D eigenvalue weighted by atomic mass is 35.5. The summed E-state index contributed by atoms with van der Waals surface area (Å²) in [6.45, 7) is 2.25. The Bertz CT molecular complexity index is 714. The standard InChI is InChI=1S/C16H17ClN2O2S/c1-9-3-5-12-14(7-9)22-16(18-12)19-15(20)11-8-10(17)4-6-13(11)21-2/h4,6,8-9H,3,5,7H2,1-2H3,(H,18,19,20)/t9-/m1/s1. The summed E-state index contributed by atoms with van der Waals surface area (Å²) in [4.78, 5) is 18.3. The van der Waals surface area contributed by atoms with Gasteiger partial charge in [0.1, 0.15) is 5.75 Å². The van der Waals surface area contributed by atoms with Crippen LogP contribution in [0.1, 0.15) is 34.3 Å². The van der Waals surface area contributed by atoms with Gasteiger partial charge in [0.05, 0.1) is 18.4 Å². The van der Waals surface area contributed by atoms with Crippen LogP contribution in [0.4, 0.5) is 5.13 Å². The van der Waals surface area contributed by atoms with E-state index in [2.05, 4.69) is 17.2 Å². The Hall–Kier alpha value is -1.59. The summed E-state index contributed by atoms with van der Waals surface area (Å²) in [5, 5.41) is 4.00. The summed E-state index contributed by atoms with van der Waals surface area (Å²) in [6.07, 6.45) is 3.19. The molecule has 1 amide bonds. The van der Waals surface area contributed by atoms with Crippen LogP contribution < -0.4 is 10.1 Å². The number of hydrogen-bond donors (Lipinski definition) is 1. The normalized spacial score (nSPS) is 17.0. The van der Waals surface area contributed by atoms with Gasteiger partial charge in [-0.25, -0.2) is 4.98 Å². The maximum atomic E-state index is 12.4. The maximum Gasteiger partial charge on any atom is 0.261 e. The molecule has 0 unspecified atom stereocenters. The molecule has 0 radical (unpaired) electrons. The number of ether oxygens (including phenoxy) is 1. The van der Waals surface area contributed by atoms with E-state index < -0.39 is 0 Å². The molecule has 4 nitrogen and oxygen atoms in total. The number of halogens is 1. The first-order chi connectivity index (χ1) is 10.6. The van der Waals surface area contributed by atoms with Crippen LogP contribution in [-0.4, -0.2) is 18.0 Å². The molecule has 0 fully saturated rings. The Labute approximate surface area is 138 Å². The van der Waals surface area contributed by atoms with Gasteiger partial charge in [-0.15, -0.1) is 11.3 Å². The lowest BCUT2D eigenvalue weighted by Gasteiger charge is -2.15. The topological polar surface area (TPSA) is 51.2 Å². The summed E-state index contributed by atoms with van der Waals surface area (Å²) in [7, 11) is 1.53. The number of aryl methyl sites for hydroxylation is 1. The highest BCUT2D eigenvalue weighted by Crippen LogP contribution is 2.32. The van der Waals surface area contributed by atoms with Gasteiger partial charge in [-0.2, -0.15) is 0 Å². The molecular formula is C16H17ClN2O2S. The van der Waals surface area contributed by atoms with Crippen LogP contribution in [0.5, 0.6) is 5.75 Å². The molecule has 1 atom stereocenters. The quantitative estimate of drug-likeness (QED) is 0.914. The van der Waals surface area contributed by atoms with Crippen LogP contribution in [0.15, 0.2) is 18.2 Å². The minimum Gasteiger partial charge on any atom is -0.496 e. The minimum atomic E-state index is -0.251. The maximum absolute atomic E-state index is 12.4. The largest absolute Gasteiger partial charge is 0.496 e. The molecule has 1 heterocycles. The zero-order valence-electron chi connectivity index (χ0n) is 12.5. The lowest BCUT2D eigenvalue weighted by atomic mass is 9.93. The molecule has 22 heavy (non-hydrogen) atoms. The molecule has 1 aromatic heterocycles. The lowest BCUT2D eigenvalue weighted by molar-refractivity contribution is 0.102. The van der Waals surface area contributed by atoms with Crippen LogP contribution in [0, 0.1) is 5.92 Å². The molecule has 0 saturated carbocycles. The Balaban J connectivity index is 1.82. The third-order valence-corrected chi connectivity index (χ3v) is 5.08. The molecule has 0 saturated heterocycles. The van der Waals surface area contributed by atoms with Crippen molar-refractivity contribution in [3.05, 3.63) is 39.4 Å². The van der Waals surface area contributed by atoms with Crippen molar-refractivity contribution < 1.29 is 9.53 Å². The van der Waals surface area contributed by atoms with E-state index in [4.69, 9.17) is 16.3 Å². The second-order valence-corrected chi connectivity index (χ2v) is 7.06. The van der Waals surface area contributed by atoms with E-state index in [-0.39, 0.29) is 5.91 Å². The van der Waals surface area contributed by atoms with Gasteiger partial charge in [-0.1, -0.05) is 18.5 Å². The van der Waals surface area contributed by atoms with Crippen molar-refractivity contribution in [2.45, 2.75) is 26.2 Å². The van der Waals surface area contributed by atoms with Gasteiger partial charge in [0.15, 0.2) is 5.13 Å². The summed E-state index contributed by atoms with van der Waals surface area (Å²) in [5.74, 6) is 0.930. The summed E-state index contributed by atoms with van der Waals surface area (Å²) in [5.41, 5.74) is 1.54. The van der Waals surface area contributed by atoms with Crippen molar-refractivity contribution in [1.29, 1.82) is 0 Å². The van der Waals surface area contributed by atoms with Crippen LogP contribution in [0.2, 0.25) is 5.02 Å². The van der Waals surface area contributed by atoms with Crippen LogP contribution >= 0.6 is 22.9 Å². The third-order valence-electron chi connectivity index (χ3n) is 3.81. The fourth-order valence-electron chi connectivity index (χ4n) is 2.62. The molecule has 116 valence electrons. The first-order valence-electron chi connectivity index (χ1n) is 7.20. The summed E-state index contributed by atoms with van der Waals surface area (Å²) >= 11 is 7.53. The smallest absolute Gasteiger partial charge is 0.261 e. The van der Waals surface area contributed by atoms with Gasteiger partial charge in [-0.05, 0) is 43.4 Å². The van der Waals surface area contributed by atoms with Gasteiger partial charge in [-0.3, -0.25) is 10.1 Å². The number of thiazole rings is 1. The number of rotatable bonds is 3. The zero-order valence-corrected chi connectivity index (χ0v) is 14.1. The highest BCUT2D eigenvalue weighted by Gasteiger charge is 2.21. The van der Waals surface area contributed by atoms with E-state index in [1.165, 1.54) is 12.0 Å². The lowest BCUT2D eigenvalue weighted by Crippen LogP contribution is -2.13. The number of carbonyl (C=O) groups is 1. The van der Waals surface area contributed by atoms with E-state index in [1.54, 1.807) is 29.5 Å². The van der Waals surface area contributed by atoms with E-state index in [1.807, 2.05) is 0 Å². The van der Waals surface area contributed by atoms with Crippen molar-refractivity contribution in [2.24, 2.45) is 5.92 Å². The van der Waals surface area contributed by atoms with Crippen molar-refractivity contribution in [3.8, 4) is 5.75 Å². The molecule has 1 aliphatic rings. The second kappa shape index (κ2) is 6.26. The number of benzene rings is 1. The molecule has 1 N–H and O–H groups in total. The van der Waals surface area contributed by atoms with Gasteiger partial charge in [0, 0.05) is 9.90 Å². The van der Waals surface area contributed by atoms with E-state index in [0.717, 1.165) is 25.0 Å². The first kappa shape index (κ1) is 15.3. The average Bonchev–Trinajstić information content (AvgIpc) is 2.88. The number of fused-ring (bicyclic) bond motifs is 1. The molecule has 6 heteroatoms. The molecule has 1 aromatic carbocycles. The summed E-state index contributed by atoms with van der Waals surface area (Å²) < 4.78 is 5.22. The Morgan fingerprint density at radius 2 is 2.32 bits per heavy atom. The molecule has 0 bridgehead atoms.